The predicted octanol–water partition coefficient (Wildman–Crippen LogP) is 0.707. The fourth-order valence-electron chi connectivity index (χ4n) is 0.995. The second-order valence-electron chi connectivity index (χ2n) is 2.17. The monoisotopic (exact) mass is 81.1 g/mol. The molecule has 1 aliphatic carbocycles. The minimum atomic E-state index is 0.921. The van der Waals surface area contributed by atoms with Crippen LogP contribution in [0.5, 0.6) is 0 Å². The second kappa shape index (κ2) is 0.673. The van der Waals surface area contributed by atoms with E-state index in [0.717, 1.165) is 18.4 Å². The highest BCUT2D eigenvalue weighted by atomic mass is 14.8. The lowest BCUT2D eigenvalue weighted by molar-refractivity contribution is 0.864. The van der Waals surface area contributed by atoms with Gasteiger partial charge in [0.15, 0.2) is 0 Å². The van der Waals surface area contributed by atoms with Crippen LogP contribution in [-0.4, -0.2) is 12.8 Å². The summed E-state index contributed by atoms with van der Waals surface area (Å²) in [4.78, 5) is 4.09. The number of aliphatic imine (C=N–C) groups is 1. The summed E-state index contributed by atoms with van der Waals surface area (Å²) >= 11 is 0. The largest absolute Gasteiger partial charge is 0.297 e. The van der Waals surface area contributed by atoms with Gasteiger partial charge in [0, 0.05) is 12.8 Å². The molecule has 1 nitrogen and oxygen atoms in total. The molecular weight excluding hydrogens is 74.1 g/mol. The standard InChI is InChI=1S/C5H7N/c1-4-2-6-3-5(1)4/h2,4-5H,1,3H2/t4-,5?/m0/s1. The molecule has 0 saturated heterocycles. The summed E-state index contributed by atoms with van der Waals surface area (Å²) in [6.07, 6.45) is 3.54. The van der Waals surface area contributed by atoms with Crippen molar-refractivity contribution in [2.75, 3.05) is 6.54 Å². The maximum Gasteiger partial charge on any atom is 0.0420 e. The number of hydrogen-bond donors (Lipinski definition) is 0. The van der Waals surface area contributed by atoms with E-state index < -0.39 is 0 Å². The van der Waals surface area contributed by atoms with E-state index in [1.807, 2.05) is 0 Å². The van der Waals surface area contributed by atoms with E-state index in [-0.39, 0.29) is 0 Å². The maximum atomic E-state index is 4.09. The summed E-state index contributed by atoms with van der Waals surface area (Å²) in [5, 5.41) is 0. The zero-order valence-electron chi connectivity index (χ0n) is 3.59. The summed E-state index contributed by atoms with van der Waals surface area (Å²) in [5.74, 6) is 1.91. The van der Waals surface area contributed by atoms with Crippen LogP contribution in [0, 0.1) is 11.8 Å². The molecule has 1 saturated carbocycles. The SMILES string of the molecule is C1=NCC2C[C@@H]12. The van der Waals surface area contributed by atoms with E-state index in [2.05, 4.69) is 11.2 Å². The summed E-state index contributed by atoms with van der Waals surface area (Å²) in [6.45, 7) is 1.13. The molecule has 2 atom stereocenters. The number of rotatable bonds is 0. The lowest BCUT2D eigenvalue weighted by atomic mass is 10.4. The highest BCUT2D eigenvalue weighted by Crippen LogP contribution is 2.40. The first-order valence-electron chi connectivity index (χ1n) is 2.47. The van der Waals surface area contributed by atoms with Crippen LogP contribution in [0.1, 0.15) is 6.42 Å². The van der Waals surface area contributed by atoms with Gasteiger partial charge in [-0.1, -0.05) is 0 Å². The molecule has 0 spiro atoms. The first-order chi connectivity index (χ1) is 2.97. The molecular formula is C5H7N. The Morgan fingerprint density at radius 3 is 2.83 bits per heavy atom. The molecule has 0 radical (unpaired) electrons. The van der Waals surface area contributed by atoms with E-state index in [9.17, 15) is 0 Å². The molecule has 1 heterocycles. The fourth-order valence-corrected chi connectivity index (χ4v) is 0.995. The Kier molecular flexibility index (Phi) is 0.312. The Hall–Kier alpha value is -0.330. The quantitative estimate of drug-likeness (QED) is 0.407. The van der Waals surface area contributed by atoms with Crippen molar-refractivity contribution >= 4 is 6.21 Å². The summed E-state index contributed by atoms with van der Waals surface area (Å²) in [6, 6.07) is 0. The van der Waals surface area contributed by atoms with E-state index in [1.54, 1.807) is 0 Å². The van der Waals surface area contributed by atoms with Gasteiger partial charge in [-0.05, 0) is 18.3 Å². The van der Waals surface area contributed by atoms with Crippen molar-refractivity contribution in [3.05, 3.63) is 0 Å². The van der Waals surface area contributed by atoms with E-state index >= 15 is 0 Å². The van der Waals surface area contributed by atoms with Gasteiger partial charge in [-0.15, -0.1) is 0 Å². The van der Waals surface area contributed by atoms with Gasteiger partial charge in [0.1, 0.15) is 0 Å². The zero-order chi connectivity index (χ0) is 3.98. The molecule has 0 N–H and O–H groups in total. The van der Waals surface area contributed by atoms with Crippen LogP contribution >= 0.6 is 0 Å². The van der Waals surface area contributed by atoms with Crippen molar-refractivity contribution in [3.63, 3.8) is 0 Å². The lowest BCUT2D eigenvalue weighted by Gasteiger charge is -1.73. The molecule has 0 aromatic carbocycles. The first kappa shape index (κ1) is 2.78. The Labute approximate surface area is 37.1 Å². The van der Waals surface area contributed by atoms with Crippen molar-refractivity contribution in [3.8, 4) is 0 Å². The average Bonchev–Trinajstić information content (AvgIpc) is 2.17. The van der Waals surface area contributed by atoms with Crippen LogP contribution < -0.4 is 0 Å². The third kappa shape index (κ3) is 0.192. The molecule has 1 unspecified atom stereocenters. The topological polar surface area (TPSA) is 12.4 Å². The van der Waals surface area contributed by atoms with E-state index in [0.29, 0.717) is 0 Å². The van der Waals surface area contributed by atoms with Crippen LogP contribution in [0.3, 0.4) is 0 Å². The van der Waals surface area contributed by atoms with E-state index in [4.69, 9.17) is 0 Å². The first-order valence-corrected chi connectivity index (χ1v) is 2.47. The van der Waals surface area contributed by atoms with Crippen LogP contribution in [0.15, 0.2) is 4.99 Å². The fraction of sp³-hybridized carbons (Fsp3) is 0.800. The van der Waals surface area contributed by atoms with Crippen molar-refractivity contribution in [2.45, 2.75) is 6.42 Å². The second-order valence-corrected chi connectivity index (χ2v) is 2.17. The van der Waals surface area contributed by atoms with Crippen molar-refractivity contribution in [1.82, 2.24) is 0 Å². The number of fused-ring (bicyclic) bond motifs is 1. The Morgan fingerprint density at radius 1 is 1.67 bits per heavy atom. The average molecular weight is 81.1 g/mol. The molecule has 0 bridgehead atoms. The van der Waals surface area contributed by atoms with Crippen molar-refractivity contribution in [1.29, 1.82) is 0 Å². The molecule has 1 fully saturated rings. The predicted molar refractivity (Wildman–Crippen MR) is 25.0 cm³/mol. The van der Waals surface area contributed by atoms with E-state index in [1.165, 1.54) is 6.42 Å². The van der Waals surface area contributed by atoms with Gasteiger partial charge in [0.05, 0.1) is 0 Å². The molecule has 1 heteroatoms. The van der Waals surface area contributed by atoms with Crippen molar-refractivity contribution in [2.24, 2.45) is 16.8 Å². The van der Waals surface area contributed by atoms with Crippen LogP contribution in [0.25, 0.3) is 0 Å². The van der Waals surface area contributed by atoms with Gasteiger partial charge in [-0.25, -0.2) is 0 Å². The van der Waals surface area contributed by atoms with Gasteiger partial charge in [-0.2, -0.15) is 0 Å². The lowest BCUT2D eigenvalue weighted by Crippen LogP contribution is -1.72. The molecule has 32 valence electrons. The zero-order valence-corrected chi connectivity index (χ0v) is 3.59. The number of hydrogen-bond acceptors (Lipinski definition) is 1. The summed E-state index contributed by atoms with van der Waals surface area (Å²) < 4.78 is 0. The van der Waals surface area contributed by atoms with Crippen molar-refractivity contribution < 1.29 is 0 Å². The molecule has 1 aliphatic heterocycles. The normalized spacial score (nSPS) is 49.3. The molecule has 2 rings (SSSR count). The third-order valence-electron chi connectivity index (χ3n) is 1.61. The smallest absolute Gasteiger partial charge is 0.0420 e. The summed E-state index contributed by atoms with van der Waals surface area (Å²) in [5.41, 5.74) is 0. The summed E-state index contributed by atoms with van der Waals surface area (Å²) in [7, 11) is 0. The van der Waals surface area contributed by atoms with Gasteiger partial charge >= 0.3 is 0 Å². The van der Waals surface area contributed by atoms with Gasteiger partial charge in [0.25, 0.3) is 0 Å². The molecule has 0 aromatic heterocycles. The van der Waals surface area contributed by atoms with Gasteiger partial charge < -0.3 is 0 Å². The minimum Gasteiger partial charge on any atom is -0.297 e. The Balaban J connectivity index is 2.26. The van der Waals surface area contributed by atoms with Gasteiger partial charge in [0.2, 0.25) is 0 Å². The third-order valence-corrected chi connectivity index (χ3v) is 1.61. The molecule has 0 aromatic rings. The molecule has 2 aliphatic rings. The van der Waals surface area contributed by atoms with Crippen LogP contribution in [0.4, 0.5) is 0 Å². The minimum absolute atomic E-state index is 0.921. The highest BCUT2D eigenvalue weighted by Gasteiger charge is 2.38. The molecule has 0 amide bonds. The van der Waals surface area contributed by atoms with Crippen LogP contribution in [0.2, 0.25) is 0 Å². The Bertz CT molecular complexity index is 96.1. The van der Waals surface area contributed by atoms with Gasteiger partial charge in [-0.3, -0.25) is 4.99 Å². The van der Waals surface area contributed by atoms with Crippen LogP contribution in [-0.2, 0) is 0 Å². The highest BCUT2D eigenvalue weighted by molar-refractivity contribution is 5.67. The Morgan fingerprint density at radius 2 is 2.67 bits per heavy atom. The maximum absolute atomic E-state index is 4.09. The number of nitrogens with zero attached hydrogens (tertiary/aromatic N) is 1. The molecule has 6 heavy (non-hydrogen) atoms.